The average molecular weight is 263 g/mol. The first-order valence-electron chi connectivity index (χ1n) is 3.76. The summed E-state index contributed by atoms with van der Waals surface area (Å²) in [5.74, 6) is 0. The van der Waals surface area contributed by atoms with Crippen LogP contribution in [-0.2, 0) is 0 Å². The minimum absolute atomic E-state index is 0.582. The van der Waals surface area contributed by atoms with Crippen molar-refractivity contribution in [3.05, 3.63) is 16.0 Å². The first-order chi connectivity index (χ1) is 5.36. The fourth-order valence-corrected chi connectivity index (χ4v) is 1.79. The highest BCUT2D eigenvalue weighted by Crippen LogP contribution is 2.14. The van der Waals surface area contributed by atoms with E-state index < -0.39 is 0 Å². The molecule has 0 spiro atoms. The van der Waals surface area contributed by atoms with E-state index in [1.807, 2.05) is 6.20 Å². The molecule has 0 bridgehead atoms. The van der Waals surface area contributed by atoms with E-state index in [0.717, 1.165) is 13.1 Å². The second kappa shape index (κ2) is 3.10. The number of halogens is 1. The molecular weight excluding hydrogens is 253 g/mol. The van der Waals surface area contributed by atoms with E-state index in [2.05, 4.69) is 43.9 Å². The lowest BCUT2D eigenvalue weighted by Crippen LogP contribution is -2.13. The Morgan fingerprint density at radius 2 is 2.64 bits per heavy atom. The standard InChI is InChI=1S/C7H10IN3/c8-6-3-10-11(5-6)7-1-2-9-4-7/h3,5,7,9H,1-2,4H2/t7-/m0/s1. The molecule has 4 heteroatoms. The van der Waals surface area contributed by atoms with E-state index in [1.54, 1.807) is 0 Å². The SMILES string of the molecule is Ic1cnn([C@H]2CCNC2)c1. The number of hydrogen-bond donors (Lipinski definition) is 1. The van der Waals surface area contributed by atoms with Crippen LogP contribution in [0.5, 0.6) is 0 Å². The van der Waals surface area contributed by atoms with Crippen molar-refractivity contribution in [1.29, 1.82) is 0 Å². The first-order valence-corrected chi connectivity index (χ1v) is 4.84. The fraction of sp³-hybridized carbons (Fsp3) is 0.571. The first kappa shape index (κ1) is 7.54. The molecule has 0 unspecified atom stereocenters. The van der Waals surface area contributed by atoms with Gasteiger partial charge in [0, 0.05) is 12.7 Å². The Bertz CT molecular complexity index is 240. The third-order valence-corrected chi connectivity index (χ3v) is 2.54. The van der Waals surface area contributed by atoms with Gasteiger partial charge < -0.3 is 5.32 Å². The van der Waals surface area contributed by atoms with Gasteiger partial charge in [-0.25, -0.2) is 0 Å². The van der Waals surface area contributed by atoms with E-state index in [-0.39, 0.29) is 0 Å². The van der Waals surface area contributed by atoms with Gasteiger partial charge in [0.1, 0.15) is 0 Å². The Balaban J connectivity index is 2.15. The summed E-state index contributed by atoms with van der Waals surface area (Å²) in [6.45, 7) is 2.19. The zero-order valence-corrected chi connectivity index (χ0v) is 8.28. The van der Waals surface area contributed by atoms with Crippen LogP contribution in [-0.4, -0.2) is 22.9 Å². The van der Waals surface area contributed by atoms with Crippen LogP contribution < -0.4 is 5.32 Å². The summed E-state index contributed by atoms with van der Waals surface area (Å²) in [4.78, 5) is 0. The van der Waals surface area contributed by atoms with Crippen LogP contribution in [0.4, 0.5) is 0 Å². The molecular formula is C7H10IN3. The zero-order chi connectivity index (χ0) is 7.68. The average Bonchev–Trinajstić information content (AvgIpc) is 2.55. The molecule has 2 rings (SSSR count). The van der Waals surface area contributed by atoms with Crippen LogP contribution in [0.1, 0.15) is 12.5 Å². The fourth-order valence-electron chi connectivity index (χ4n) is 1.38. The second-order valence-electron chi connectivity index (χ2n) is 2.79. The van der Waals surface area contributed by atoms with Gasteiger partial charge in [0.05, 0.1) is 15.8 Å². The van der Waals surface area contributed by atoms with Gasteiger partial charge in [-0.3, -0.25) is 4.68 Å². The normalized spacial score (nSPS) is 24.3. The maximum absolute atomic E-state index is 4.27. The lowest BCUT2D eigenvalue weighted by Gasteiger charge is -2.07. The molecule has 1 N–H and O–H groups in total. The summed E-state index contributed by atoms with van der Waals surface area (Å²) in [6.07, 6.45) is 5.20. The molecule has 0 aromatic carbocycles. The summed E-state index contributed by atoms with van der Waals surface area (Å²) < 4.78 is 3.27. The predicted molar refractivity (Wildman–Crippen MR) is 51.5 cm³/mol. The molecule has 1 aliphatic heterocycles. The molecule has 0 saturated carbocycles. The molecule has 1 fully saturated rings. The van der Waals surface area contributed by atoms with E-state index >= 15 is 0 Å². The molecule has 1 saturated heterocycles. The summed E-state index contributed by atoms with van der Waals surface area (Å²) in [5.41, 5.74) is 0. The van der Waals surface area contributed by atoms with Crippen molar-refractivity contribution >= 4 is 22.6 Å². The molecule has 1 atom stereocenters. The summed E-state index contributed by atoms with van der Waals surface area (Å²) in [7, 11) is 0. The molecule has 0 radical (unpaired) electrons. The van der Waals surface area contributed by atoms with Crippen molar-refractivity contribution in [3.8, 4) is 0 Å². The van der Waals surface area contributed by atoms with E-state index in [9.17, 15) is 0 Å². The number of hydrogen-bond acceptors (Lipinski definition) is 2. The number of nitrogens with zero attached hydrogens (tertiary/aromatic N) is 2. The largest absolute Gasteiger partial charge is 0.315 e. The minimum Gasteiger partial charge on any atom is -0.315 e. The van der Waals surface area contributed by atoms with Crippen molar-refractivity contribution < 1.29 is 0 Å². The Hall–Kier alpha value is -0.100. The monoisotopic (exact) mass is 263 g/mol. The third kappa shape index (κ3) is 1.56. The molecule has 1 aromatic rings. The number of rotatable bonds is 1. The predicted octanol–water partition coefficient (Wildman–Crippen LogP) is 1.02. The molecule has 2 heterocycles. The highest BCUT2D eigenvalue weighted by molar-refractivity contribution is 14.1. The van der Waals surface area contributed by atoms with Crippen molar-refractivity contribution in [2.75, 3.05) is 13.1 Å². The molecule has 60 valence electrons. The lowest BCUT2D eigenvalue weighted by atomic mass is 10.3. The van der Waals surface area contributed by atoms with Crippen LogP contribution in [0.3, 0.4) is 0 Å². The Labute approximate surface area is 79.3 Å². The van der Waals surface area contributed by atoms with Gasteiger partial charge in [0.2, 0.25) is 0 Å². The highest BCUT2D eigenvalue weighted by Gasteiger charge is 2.16. The lowest BCUT2D eigenvalue weighted by molar-refractivity contribution is 0.490. The smallest absolute Gasteiger partial charge is 0.0656 e. The molecule has 0 amide bonds. The van der Waals surface area contributed by atoms with Crippen molar-refractivity contribution in [3.63, 3.8) is 0 Å². The van der Waals surface area contributed by atoms with Gasteiger partial charge in [-0.2, -0.15) is 5.10 Å². The van der Waals surface area contributed by atoms with Crippen molar-refractivity contribution in [2.24, 2.45) is 0 Å². The molecule has 3 nitrogen and oxygen atoms in total. The third-order valence-electron chi connectivity index (χ3n) is 1.98. The maximum atomic E-state index is 4.27. The summed E-state index contributed by atoms with van der Waals surface area (Å²) in [5, 5.41) is 7.58. The molecule has 11 heavy (non-hydrogen) atoms. The van der Waals surface area contributed by atoms with E-state index in [4.69, 9.17) is 0 Å². The highest BCUT2D eigenvalue weighted by atomic mass is 127. The van der Waals surface area contributed by atoms with Crippen LogP contribution in [0.2, 0.25) is 0 Å². The quantitative estimate of drug-likeness (QED) is 0.767. The summed E-state index contributed by atoms with van der Waals surface area (Å²) in [6, 6.07) is 0.582. The van der Waals surface area contributed by atoms with Crippen LogP contribution in [0.25, 0.3) is 0 Å². The van der Waals surface area contributed by atoms with E-state index in [1.165, 1.54) is 9.99 Å². The van der Waals surface area contributed by atoms with Gasteiger partial charge in [-0.05, 0) is 35.6 Å². The van der Waals surface area contributed by atoms with Gasteiger partial charge in [-0.1, -0.05) is 0 Å². The van der Waals surface area contributed by atoms with Gasteiger partial charge in [0.15, 0.2) is 0 Å². The van der Waals surface area contributed by atoms with Gasteiger partial charge in [0.25, 0.3) is 0 Å². The maximum Gasteiger partial charge on any atom is 0.0656 e. The second-order valence-corrected chi connectivity index (χ2v) is 4.03. The van der Waals surface area contributed by atoms with Crippen molar-refractivity contribution in [2.45, 2.75) is 12.5 Å². The minimum atomic E-state index is 0.582. The van der Waals surface area contributed by atoms with Crippen LogP contribution in [0.15, 0.2) is 12.4 Å². The summed E-state index contributed by atoms with van der Waals surface area (Å²) >= 11 is 2.28. The molecule has 0 aliphatic carbocycles. The Morgan fingerprint density at radius 1 is 1.73 bits per heavy atom. The van der Waals surface area contributed by atoms with E-state index in [0.29, 0.717) is 6.04 Å². The van der Waals surface area contributed by atoms with Crippen LogP contribution >= 0.6 is 22.6 Å². The molecule has 1 aromatic heterocycles. The van der Waals surface area contributed by atoms with Crippen LogP contribution in [0, 0.1) is 3.57 Å². The Kier molecular flexibility index (Phi) is 2.13. The number of nitrogens with one attached hydrogen (secondary N) is 1. The zero-order valence-electron chi connectivity index (χ0n) is 6.13. The Morgan fingerprint density at radius 3 is 3.18 bits per heavy atom. The van der Waals surface area contributed by atoms with Gasteiger partial charge in [-0.15, -0.1) is 0 Å². The molecule has 1 aliphatic rings. The number of aromatic nitrogens is 2. The van der Waals surface area contributed by atoms with Gasteiger partial charge >= 0.3 is 0 Å². The topological polar surface area (TPSA) is 29.9 Å². The van der Waals surface area contributed by atoms with Crippen molar-refractivity contribution in [1.82, 2.24) is 15.1 Å².